The molecule has 0 unspecified atom stereocenters. The van der Waals surface area contributed by atoms with Crippen molar-refractivity contribution < 1.29 is 45.2 Å². The van der Waals surface area contributed by atoms with E-state index in [2.05, 4.69) is 10.3 Å². The molecule has 11 nitrogen and oxygen atoms in total. The Morgan fingerprint density at radius 1 is 0.898 bits per heavy atom. The summed E-state index contributed by atoms with van der Waals surface area (Å²) in [7, 11) is -5.35. The normalized spacial score (nSPS) is 11.3. The molecular formula is C33H23F4N5O6S. The van der Waals surface area contributed by atoms with Gasteiger partial charge in [-0.1, -0.05) is 6.07 Å². The molecule has 2 N–H and O–H groups in total. The van der Waals surface area contributed by atoms with E-state index in [0.717, 1.165) is 23.9 Å². The highest BCUT2D eigenvalue weighted by Gasteiger charge is 2.36. The van der Waals surface area contributed by atoms with Crippen LogP contribution in [0.3, 0.4) is 0 Å². The number of ketones is 1. The summed E-state index contributed by atoms with van der Waals surface area (Å²) in [5.74, 6) is -9.73. The minimum absolute atomic E-state index is 0.0536. The zero-order chi connectivity index (χ0) is 35.9. The summed E-state index contributed by atoms with van der Waals surface area (Å²) in [6.07, 6.45) is 3.33. The Labute approximate surface area is 275 Å². The first-order valence-electron chi connectivity index (χ1n) is 14.0. The third-order valence-electron chi connectivity index (χ3n) is 7.29. The largest absolute Gasteiger partial charge is 0.326 e. The van der Waals surface area contributed by atoms with Gasteiger partial charge in [-0.2, -0.15) is 4.31 Å². The van der Waals surface area contributed by atoms with Crippen LogP contribution in [0.15, 0.2) is 71.9 Å². The van der Waals surface area contributed by atoms with E-state index < -0.39 is 72.6 Å². The van der Waals surface area contributed by atoms with Crippen molar-refractivity contribution in [3.63, 3.8) is 0 Å². The maximum Gasteiger partial charge on any atom is 0.274 e. The first-order valence-corrected chi connectivity index (χ1v) is 15.5. The van der Waals surface area contributed by atoms with Crippen molar-refractivity contribution in [1.29, 1.82) is 5.41 Å². The number of carbonyl (C=O) groups excluding carboxylic acids is 4. The number of benzene rings is 3. The fourth-order valence-corrected chi connectivity index (χ4v) is 6.65. The van der Waals surface area contributed by atoms with Crippen molar-refractivity contribution in [1.82, 2.24) is 9.55 Å². The molecule has 0 spiro atoms. The minimum atomic E-state index is -5.35. The van der Waals surface area contributed by atoms with Crippen molar-refractivity contribution in [2.75, 3.05) is 9.62 Å². The lowest BCUT2D eigenvalue weighted by Gasteiger charge is -2.22. The number of halogens is 4. The molecule has 0 bridgehead atoms. The van der Waals surface area contributed by atoms with Gasteiger partial charge in [0.2, 0.25) is 23.5 Å². The SMILES string of the molecule is CC(=O)Nc1ccc(-c2cnc3c(c2)c(C(=O)c2c(F)ccc(N(C(C)=O)S(=O)(=O)c4cc(F)ccc4F)c2F)cn3C(C)=O)cc1C=N. The predicted molar refractivity (Wildman–Crippen MR) is 170 cm³/mol. The van der Waals surface area contributed by atoms with E-state index in [1.807, 2.05) is 0 Å². The maximum absolute atomic E-state index is 16.2. The number of hydrogen-bond acceptors (Lipinski definition) is 8. The number of anilines is 2. The van der Waals surface area contributed by atoms with Gasteiger partial charge in [0.25, 0.3) is 10.0 Å². The standard InChI is InChI=1S/C33H23F4N5O6S/c1-16(43)40-27-8-4-19(10-20(27)13-38)21-11-23-24(15-41(17(2)44)33(23)39-14-21)32(46)30-26(36)7-9-28(31(30)37)42(18(3)45)49(47,48)29-12-22(34)5-6-25(29)35/h4-15,38H,1-3H3,(H,40,43). The predicted octanol–water partition coefficient (Wildman–Crippen LogP) is 5.85. The second-order valence-electron chi connectivity index (χ2n) is 10.6. The molecule has 5 rings (SSSR count). The molecule has 3 aromatic carbocycles. The van der Waals surface area contributed by atoms with Crippen molar-refractivity contribution >= 4 is 62.2 Å². The van der Waals surface area contributed by atoms with Crippen LogP contribution in [0.25, 0.3) is 22.2 Å². The van der Waals surface area contributed by atoms with Crippen LogP contribution in [0.4, 0.5) is 28.9 Å². The average Bonchev–Trinajstić information content (AvgIpc) is 3.42. The van der Waals surface area contributed by atoms with E-state index in [-0.39, 0.29) is 27.3 Å². The lowest BCUT2D eigenvalue weighted by molar-refractivity contribution is -0.115. The quantitative estimate of drug-likeness (QED) is 0.117. The summed E-state index contributed by atoms with van der Waals surface area (Å²) in [6.45, 7) is 3.11. The van der Waals surface area contributed by atoms with Crippen LogP contribution in [-0.4, -0.2) is 47.7 Å². The monoisotopic (exact) mass is 693 g/mol. The Morgan fingerprint density at radius 3 is 2.22 bits per heavy atom. The lowest BCUT2D eigenvalue weighted by atomic mass is 9.99. The number of hydrogen-bond donors (Lipinski definition) is 2. The van der Waals surface area contributed by atoms with Gasteiger partial charge in [0.1, 0.15) is 28.0 Å². The molecular weight excluding hydrogens is 670 g/mol. The zero-order valence-electron chi connectivity index (χ0n) is 25.6. The number of fused-ring (bicyclic) bond motifs is 1. The molecule has 250 valence electrons. The van der Waals surface area contributed by atoms with Gasteiger partial charge in [-0.25, -0.2) is 31.0 Å². The molecule has 2 amide bonds. The Balaban J connectivity index is 1.69. The molecule has 2 heterocycles. The molecule has 0 saturated heterocycles. The zero-order valence-corrected chi connectivity index (χ0v) is 26.5. The van der Waals surface area contributed by atoms with Crippen molar-refractivity contribution in [2.45, 2.75) is 25.7 Å². The molecule has 0 atom stereocenters. The highest BCUT2D eigenvalue weighted by molar-refractivity contribution is 7.93. The van der Waals surface area contributed by atoms with Crippen LogP contribution >= 0.6 is 0 Å². The number of rotatable bonds is 8. The number of carbonyl (C=O) groups is 4. The summed E-state index contributed by atoms with van der Waals surface area (Å²) < 4.78 is 87.4. The van der Waals surface area contributed by atoms with Crippen LogP contribution in [0.5, 0.6) is 0 Å². The molecule has 0 aliphatic rings. The molecule has 0 aliphatic carbocycles. The van der Waals surface area contributed by atoms with Gasteiger partial charge < -0.3 is 10.7 Å². The first-order chi connectivity index (χ1) is 23.1. The van der Waals surface area contributed by atoms with Gasteiger partial charge in [0.15, 0.2) is 5.82 Å². The van der Waals surface area contributed by atoms with Crippen LogP contribution in [-0.2, 0) is 19.6 Å². The van der Waals surface area contributed by atoms with E-state index in [9.17, 15) is 36.4 Å². The van der Waals surface area contributed by atoms with Crippen molar-refractivity contribution in [3.05, 3.63) is 107 Å². The maximum atomic E-state index is 16.2. The molecule has 0 fully saturated rings. The third-order valence-corrected chi connectivity index (χ3v) is 9.10. The van der Waals surface area contributed by atoms with Crippen LogP contribution in [0, 0.1) is 28.7 Å². The van der Waals surface area contributed by atoms with Crippen molar-refractivity contribution in [3.8, 4) is 11.1 Å². The summed E-state index contributed by atoms with van der Waals surface area (Å²) in [5.41, 5.74) is -1.56. The minimum Gasteiger partial charge on any atom is -0.326 e. The Bertz CT molecular complexity index is 2380. The van der Waals surface area contributed by atoms with Crippen LogP contribution < -0.4 is 9.62 Å². The summed E-state index contributed by atoms with van der Waals surface area (Å²) in [6, 6.07) is 8.46. The average molecular weight is 694 g/mol. The van der Waals surface area contributed by atoms with E-state index >= 15 is 8.78 Å². The number of nitrogens with zero attached hydrogens (tertiary/aromatic N) is 3. The van der Waals surface area contributed by atoms with Crippen LogP contribution in [0.2, 0.25) is 0 Å². The van der Waals surface area contributed by atoms with Gasteiger partial charge in [-0.05, 0) is 54.1 Å². The highest BCUT2D eigenvalue weighted by atomic mass is 32.2. The van der Waals surface area contributed by atoms with Crippen molar-refractivity contribution in [2.24, 2.45) is 0 Å². The summed E-state index contributed by atoms with van der Waals surface area (Å²) in [5, 5.41) is 10.3. The summed E-state index contributed by atoms with van der Waals surface area (Å²) >= 11 is 0. The third kappa shape index (κ3) is 6.20. The number of pyridine rings is 1. The van der Waals surface area contributed by atoms with Crippen LogP contribution in [0.1, 0.15) is 47.1 Å². The molecule has 49 heavy (non-hydrogen) atoms. The smallest absolute Gasteiger partial charge is 0.274 e. The summed E-state index contributed by atoms with van der Waals surface area (Å²) in [4.78, 5) is 53.5. The molecule has 0 radical (unpaired) electrons. The van der Waals surface area contributed by atoms with Gasteiger partial charge in [-0.15, -0.1) is 0 Å². The van der Waals surface area contributed by atoms with Gasteiger partial charge in [-0.3, -0.25) is 23.7 Å². The van der Waals surface area contributed by atoms with E-state index in [4.69, 9.17) is 5.41 Å². The second-order valence-corrected chi connectivity index (χ2v) is 12.4. The number of amides is 2. The first kappa shape index (κ1) is 34.3. The highest BCUT2D eigenvalue weighted by Crippen LogP contribution is 2.35. The fraction of sp³-hybridized carbons (Fsp3) is 0.0909. The molecule has 16 heteroatoms. The number of aromatic nitrogens is 2. The number of sulfonamides is 1. The second kappa shape index (κ2) is 12.9. The molecule has 0 aliphatic heterocycles. The molecule has 0 saturated carbocycles. The van der Waals surface area contributed by atoms with E-state index in [1.165, 1.54) is 31.3 Å². The lowest BCUT2D eigenvalue weighted by Crippen LogP contribution is -2.37. The van der Waals surface area contributed by atoms with Gasteiger partial charge in [0.05, 0.1) is 16.8 Å². The fourth-order valence-electron chi connectivity index (χ4n) is 5.13. The Hall–Kier alpha value is -6.03. The van der Waals surface area contributed by atoms with E-state index in [0.29, 0.717) is 53.6 Å². The van der Waals surface area contributed by atoms with E-state index in [1.54, 1.807) is 6.07 Å². The number of nitrogens with one attached hydrogen (secondary N) is 2. The molecule has 5 aromatic rings. The van der Waals surface area contributed by atoms with Gasteiger partial charge >= 0.3 is 0 Å². The molecule has 2 aromatic heterocycles. The Morgan fingerprint density at radius 2 is 1.59 bits per heavy atom. The van der Waals surface area contributed by atoms with Gasteiger partial charge in [0, 0.05) is 61.6 Å². The topological polar surface area (TPSA) is 159 Å². The Kier molecular flexibility index (Phi) is 9.02.